The maximum Gasteiger partial charge on any atom is 0.411 e. The largest absolute Gasteiger partial charge is 0.448 e. The molecule has 39 heavy (non-hydrogen) atoms. The van der Waals surface area contributed by atoms with Gasteiger partial charge in [0.1, 0.15) is 12.4 Å². The monoisotopic (exact) mass is 522 g/mol. The quantitative estimate of drug-likeness (QED) is 0.345. The lowest BCUT2D eigenvalue weighted by Gasteiger charge is -2.16. The highest BCUT2D eigenvalue weighted by Crippen LogP contribution is 2.44. The molecule has 0 radical (unpaired) electrons. The lowest BCUT2D eigenvalue weighted by atomic mass is 9.98. The van der Waals surface area contributed by atoms with Crippen molar-refractivity contribution in [2.24, 2.45) is 0 Å². The van der Waals surface area contributed by atoms with Gasteiger partial charge in [-0.3, -0.25) is 14.9 Å². The van der Waals surface area contributed by atoms with Crippen LogP contribution in [0.15, 0.2) is 91.0 Å². The van der Waals surface area contributed by atoms with E-state index in [0.29, 0.717) is 5.06 Å². The first kappa shape index (κ1) is 24.1. The molecule has 0 unspecified atom stereocenters. The molecule has 2 aliphatic rings. The molecule has 9 heteroatoms. The van der Waals surface area contributed by atoms with Crippen LogP contribution in [-0.4, -0.2) is 35.5 Å². The van der Waals surface area contributed by atoms with Gasteiger partial charge in [-0.2, -0.15) is 0 Å². The molecule has 1 aliphatic heterocycles. The predicted molar refractivity (Wildman–Crippen MR) is 137 cm³/mol. The number of hydrogen-bond acceptors (Lipinski definition) is 6. The van der Waals surface area contributed by atoms with Gasteiger partial charge < -0.3 is 9.57 Å². The highest BCUT2D eigenvalue weighted by molar-refractivity contribution is 6.21. The number of ether oxygens (including phenoxy) is 1. The maximum absolute atomic E-state index is 14.1. The van der Waals surface area contributed by atoms with Crippen LogP contribution < -0.4 is 5.32 Å². The first-order chi connectivity index (χ1) is 18.9. The van der Waals surface area contributed by atoms with Gasteiger partial charge in [-0.05, 0) is 52.6 Å². The smallest absolute Gasteiger partial charge is 0.411 e. The Balaban J connectivity index is 1.17. The number of carbonyl (C=O) groups excluding carboxylic acids is 4. The summed E-state index contributed by atoms with van der Waals surface area (Å²) in [5.74, 6) is -3.84. The van der Waals surface area contributed by atoms with E-state index in [0.717, 1.165) is 40.5 Å². The number of anilines is 1. The van der Waals surface area contributed by atoms with Crippen molar-refractivity contribution in [2.45, 2.75) is 5.92 Å². The molecule has 1 N–H and O–H groups in total. The number of hydrogen-bond donors (Lipinski definition) is 1. The Hall–Kier alpha value is -5.31. The fourth-order valence-electron chi connectivity index (χ4n) is 4.92. The molecule has 6 rings (SSSR count). The average molecular weight is 522 g/mol. The molecule has 192 valence electrons. The van der Waals surface area contributed by atoms with Gasteiger partial charge in [0.15, 0.2) is 0 Å². The highest BCUT2D eigenvalue weighted by atomic mass is 19.1. The van der Waals surface area contributed by atoms with Gasteiger partial charge in [0.05, 0.1) is 22.4 Å². The fraction of sp³-hybridized carbons (Fsp3) is 0.0667. The molecule has 0 saturated carbocycles. The molecule has 0 spiro atoms. The Bertz CT molecular complexity index is 1600. The second kappa shape index (κ2) is 9.53. The number of halogens is 1. The van der Waals surface area contributed by atoms with E-state index in [1.807, 2.05) is 48.5 Å². The zero-order chi connectivity index (χ0) is 27.1. The van der Waals surface area contributed by atoms with Gasteiger partial charge in [-0.15, -0.1) is 0 Å². The Morgan fingerprint density at radius 2 is 1.31 bits per heavy atom. The van der Waals surface area contributed by atoms with Crippen LogP contribution in [0, 0.1) is 5.82 Å². The van der Waals surface area contributed by atoms with Crippen molar-refractivity contribution in [3.05, 3.63) is 125 Å². The number of imide groups is 1. The van der Waals surface area contributed by atoms with E-state index >= 15 is 0 Å². The average Bonchev–Trinajstić information content (AvgIpc) is 3.40. The van der Waals surface area contributed by atoms with E-state index in [4.69, 9.17) is 9.57 Å². The SMILES string of the molecule is O=C(Nc1ccc(F)cc1C(=O)ON1C(=O)c2ccccc2C1=O)OCC1c2ccccc2-c2ccccc21. The summed E-state index contributed by atoms with van der Waals surface area (Å²) in [6.45, 7) is 0.0237. The molecule has 4 aromatic carbocycles. The van der Waals surface area contributed by atoms with Crippen LogP contribution in [0.2, 0.25) is 0 Å². The second-order valence-corrected chi connectivity index (χ2v) is 8.97. The van der Waals surface area contributed by atoms with E-state index < -0.39 is 35.3 Å². The summed E-state index contributed by atoms with van der Waals surface area (Å²) >= 11 is 0. The third-order valence-electron chi connectivity index (χ3n) is 6.71. The van der Waals surface area contributed by atoms with Crippen LogP contribution in [0.25, 0.3) is 11.1 Å². The molecule has 0 fully saturated rings. The van der Waals surface area contributed by atoms with Crippen LogP contribution in [0.1, 0.15) is 48.1 Å². The molecular weight excluding hydrogens is 503 g/mol. The van der Waals surface area contributed by atoms with E-state index in [9.17, 15) is 23.6 Å². The van der Waals surface area contributed by atoms with E-state index in [2.05, 4.69) is 5.32 Å². The van der Waals surface area contributed by atoms with Crippen LogP contribution in [-0.2, 0) is 9.57 Å². The van der Waals surface area contributed by atoms with Gasteiger partial charge in [-0.1, -0.05) is 65.7 Å². The van der Waals surface area contributed by atoms with Crippen molar-refractivity contribution in [2.75, 3.05) is 11.9 Å². The number of amides is 3. The highest BCUT2D eigenvalue weighted by Gasteiger charge is 2.39. The molecule has 0 atom stereocenters. The number of hydroxylamine groups is 2. The molecule has 1 heterocycles. The summed E-state index contributed by atoms with van der Waals surface area (Å²) < 4.78 is 19.6. The zero-order valence-electron chi connectivity index (χ0n) is 20.2. The summed E-state index contributed by atoms with van der Waals surface area (Å²) in [6.07, 6.45) is -0.877. The molecule has 1 aliphatic carbocycles. The Labute approximate surface area is 221 Å². The number of rotatable bonds is 5. The second-order valence-electron chi connectivity index (χ2n) is 8.97. The topological polar surface area (TPSA) is 102 Å². The Kier molecular flexibility index (Phi) is 5.88. The van der Waals surface area contributed by atoms with Gasteiger partial charge in [0, 0.05) is 5.92 Å². The predicted octanol–water partition coefficient (Wildman–Crippen LogP) is 5.55. The van der Waals surface area contributed by atoms with Gasteiger partial charge >= 0.3 is 12.1 Å². The molecule has 0 saturated heterocycles. The third kappa shape index (κ3) is 4.19. The fourth-order valence-corrected chi connectivity index (χ4v) is 4.92. The number of fused-ring (bicyclic) bond motifs is 4. The molecular formula is C30H19FN2O6. The van der Waals surface area contributed by atoms with Gasteiger partial charge in [0.2, 0.25) is 0 Å². The number of benzene rings is 4. The van der Waals surface area contributed by atoms with E-state index in [1.165, 1.54) is 12.1 Å². The molecule has 0 aromatic heterocycles. The minimum atomic E-state index is -1.21. The summed E-state index contributed by atoms with van der Waals surface area (Å²) in [6, 6.07) is 24.7. The normalized spacial score (nSPS) is 13.5. The first-order valence-corrected chi connectivity index (χ1v) is 12.0. The van der Waals surface area contributed by atoms with Crippen LogP contribution in [0.5, 0.6) is 0 Å². The zero-order valence-corrected chi connectivity index (χ0v) is 20.2. The molecule has 8 nitrogen and oxygen atoms in total. The van der Waals surface area contributed by atoms with E-state index in [-0.39, 0.29) is 29.3 Å². The standard InChI is InChI=1S/C30H19FN2O6/c31-17-13-14-26(24(15-17)29(36)39-33-27(34)22-11-5-6-12-23(22)28(33)35)32-30(37)38-16-25-20-9-3-1-7-18(20)19-8-2-4-10-21(19)25/h1-15,25H,16H2,(H,32,37). The maximum atomic E-state index is 14.1. The molecule has 4 aromatic rings. The lowest BCUT2D eigenvalue weighted by Crippen LogP contribution is -2.33. The van der Waals surface area contributed by atoms with Crippen molar-refractivity contribution >= 4 is 29.6 Å². The van der Waals surface area contributed by atoms with Crippen LogP contribution in [0.4, 0.5) is 14.9 Å². The number of nitrogens with one attached hydrogen (secondary N) is 1. The lowest BCUT2D eigenvalue weighted by molar-refractivity contribution is -0.0584. The van der Waals surface area contributed by atoms with Gasteiger partial charge in [-0.25, -0.2) is 14.0 Å². The summed E-state index contributed by atoms with van der Waals surface area (Å²) in [5.41, 5.74) is 3.82. The summed E-state index contributed by atoms with van der Waals surface area (Å²) in [5, 5.41) is 2.75. The van der Waals surface area contributed by atoms with Crippen molar-refractivity contribution < 1.29 is 33.1 Å². The van der Waals surface area contributed by atoms with Gasteiger partial charge in [0.25, 0.3) is 11.8 Å². The molecule has 0 bridgehead atoms. The number of carbonyl (C=O) groups is 4. The van der Waals surface area contributed by atoms with Crippen molar-refractivity contribution in [3.8, 4) is 11.1 Å². The minimum Gasteiger partial charge on any atom is -0.448 e. The van der Waals surface area contributed by atoms with E-state index in [1.54, 1.807) is 12.1 Å². The van der Waals surface area contributed by atoms with Crippen molar-refractivity contribution in [1.29, 1.82) is 0 Å². The third-order valence-corrected chi connectivity index (χ3v) is 6.71. The number of nitrogens with zero attached hydrogens (tertiary/aromatic N) is 1. The van der Waals surface area contributed by atoms with Crippen LogP contribution >= 0.6 is 0 Å². The van der Waals surface area contributed by atoms with Crippen molar-refractivity contribution in [1.82, 2.24) is 5.06 Å². The Morgan fingerprint density at radius 1 is 0.769 bits per heavy atom. The first-order valence-electron chi connectivity index (χ1n) is 12.0. The minimum absolute atomic E-state index is 0.0237. The van der Waals surface area contributed by atoms with Crippen LogP contribution in [0.3, 0.4) is 0 Å². The van der Waals surface area contributed by atoms with Crippen molar-refractivity contribution in [3.63, 3.8) is 0 Å². The summed E-state index contributed by atoms with van der Waals surface area (Å²) in [4.78, 5) is 55.8. The summed E-state index contributed by atoms with van der Waals surface area (Å²) in [7, 11) is 0. The molecule has 3 amide bonds. The Morgan fingerprint density at radius 3 is 1.90 bits per heavy atom.